The number of hydrogen-bond donors (Lipinski definition) is 3. The Kier molecular flexibility index (Phi) is 6.46. The number of rotatable bonds is 3. The predicted molar refractivity (Wildman–Crippen MR) is 88.8 cm³/mol. The molecule has 7 nitrogen and oxygen atoms in total. The van der Waals surface area contributed by atoms with Gasteiger partial charge in [0.25, 0.3) is 0 Å². The molecule has 2 rings (SSSR count). The Morgan fingerprint density at radius 2 is 2.05 bits per heavy atom. The molecule has 0 fully saturated rings. The quantitative estimate of drug-likeness (QED) is 0.589. The fourth-order valence-corrected chi connectivity index (χ4v) is 1.83. The highest BCUT2D eigenvalue weighted by Gasteiger charge is 2.12. The molecule has 0 aliphatic carbocycles. The van der Waals surface area contributed by atoms with Gasteiger partial charge in [-0.05, 0) is 18.6 Å². The molecule has 22 heavy (non-hydrogen) atoms. The molecule has 0 aromatic carbocycles. The van der Waals surface area contributed by atoms with E-state index in [0.29, 0.717) is 33.2 Å². The van der Waals surface area contributed by atoms with Crippen molar-refractivity contribution in [3.63, 3.8) is 0 Å². The van der Waals surface area contributed by atoms with Gasteiger partial charge in [-0.1, -0.05) is 26.1 Å². The Hall–Kier alpha value is -2.48. The number of nitrogens with zero attached hydrogens (tertiary/aromatic N) is 2. The third kappa shape index (κ3) is 4.26. The number of aryl methyl sites for hydroxylation is 1. The van der Waals surface area contributed by atoms with Gasteiger partial charge in [0.2, 0.25) is 0 Å². The van der Waals surface area contributed by atoms with Crippen molar-refractivity contribution in [2.75, 3.05) is 18.2 Å². The van der Waals surface area contributed by atoms with Crippen molar-refractivity contribution < 1.29 is 9.53 Å². The first-order valence-electron chi connectivity index (χ1n) is 6.68. The molecule has 0 bridgehead atoms. The summed E-state index contributed by atoms with van der Waals surface area (Å²) in [4.78, 5) is 22.2. The molecule has 0 amide bonds. The molecule has 118 valence electrons. The fourth-order valence-electron chi connectivity index (χ4n) is 1.62. The third-order valence-electron chi connectivity index (χ3n) is 2.58. The van der Waals surface area contributed by atoms with Crippen LogP contribution in [0.15, 0.2) is 18.5 Å². The van der Waals surface area contributed by atoms with E-state index in [0.717, 1.165) is 0 Å². The first kappa shape index (κ1) is 17.6. The van der Waals surface area contributed by atoms with Crippen molar-refractivity contribution in [2.24, 2.45) is 0 Å². The van der Waals surface area contributed by atoms with Crippen LogP contribution >= 0.6 is 12.2 Å². The van der Waals surface area contributed by atoms with Gasteiger partial charge in [0.05, 0.1) is 12.8 Å². The van der Waals surface area contributed by atoms with Crippen LogP contribution in [-0.2, 0) is 4.74 Å². The van der Waals surface area contributed by atoms with Crippen LogP contribution in [-0.4, -0.2) is 28.0 Å². The van der Waals surface area contributed by atoms with E-state index in [4.69, 9.17) is 18.0 Å². The number of methoxy groups -OCH3 is 1. The molecule has 0 atom stereocenters. The number of carbonyl (C=O) groups is 1. The first-order valence-corrected chi connectivity index (χ1v) is 7.09. The zero-order chi connectivity index (χ0) is 16.7. The summed E-state index contributed by atoms with van der Waals surface area (Å²) in [6.45, 7) is 5.77. The summed E-state index contributed by atoms with van der Waals surface area (Å²) in [7, 11) is 1.31. The van der Waals surface area contributed by atoms with Crippen LogP contribution in [0.2, 0.25) is 0 Å². The Bertz CT molecular complexity index is 715. The summed E-state index contributed by atoms with van der Waals surface area (Å²) in [6, 6.07) is 3.32. The fraction of sp³-hybridized carbons (Fsp3) is 0.286. The van der Waals surface area contributed by atoms with Crippen molar-refractivity contribution in [1.29, 1.82) is 0 Å². The molecular formula is C14H19N5O2S. The van der Waals surface area contributed by atoms with Crippen molar-refractivity contribution in [2.45, 2.75) is 20.8 Å². The molecule has 2 aromatic rings. The van der Waals surface area contributed by atoms with Crippen LogP contribution < -0.4 is 11.1 Å². The second kappa shape index (κ2) is 8.08. The Morgan fingerprint density at radius 3 is 2.64 bits per heavy atom. The summed E-state index contributed by atoms with van der Waals surface area (Å²) in [5, 5.41) is 3.02. The van der Waals surface area contributed by atoms with Gasteiger partial charge in [0.15, 0.2) is 0 Å². The molecule has 0 saturated heterocycles. The average Bonchev–Trinajstić information content (AvgIpc) is 2.52. The summed E-state index contributed by atoms with van der Waals surface area (Å²) in [6.07, 6.45) is 1.35. The zero-order valence-electron chi connectivity index (χ0n) is 12.9. The Balaban J connectivity index is 0.00000116. The number of aromatic amines is 1. The lowest BCUT2D eigenvalue weighted by Gasteiger charge is -2.09. The molecule has 0 spiro atoms. The zero-order valence-corrected chi connectivity index (χ0v) is 13.7. The third-order valence-corrected chi connectivity index (χ3v) is 2.90. The first-order chi connectivity index (χ1) is 10.5. The van der Waals surface area contributed by atoms with E-state index in [2.05, 4.69) is 25.0 Å². The SMILES string of the molecule is CC.COC(=O)c1[nH]c(=S)c(Nc2cc(N)ncn2)cc1C. The van der Waals surface area contributed by atoms with Crippen LogP contribution in [0.1, 0.15) is 29.9 Å². The van der Waals surface area contributed by atoms with E-state index in [1.165, 1.54) is 13.4 Å². The van der Waals surface area contributed by atoms with Gasteiger partial charge in [-0.2, -0.15) is 0 Å². The molecule has 2 aromatic heterocycles. The second-order valence-corrected chi connectivity index (χ2v) is 4.42. The van der Waals surface area contributed by atoms with E-state index < -0.39 is 5.97 Å². The van der Waals surface area contributed by atoms with E-state index >= 15 is 0 Å². The number of carbonyl (C=O) groups excluding carboxylic acids is 1. The van der Waals surface area contributed by atoms with Gasteiger partial charge >= 0.3 is 5.97 Å². The monoisotopic (exact) mass is 321 g/mol. The molecule has 0 radical (unpaired) electrons. The van der Waals surface area contributed by atoms with Crippen LogP contribution in [0, 0.1) is 11.6 Å². The number of H-pyrrole nitrogens is 1. The van der Waals surface area contributed by atoms with Crippen LogP contribution in [0.25, 0.3) is 0 Å². The number of nitrogen functional groups attached to an aromatic ring is 1. The van der Waals surface area contributed by atoms with E-state index in [-0.39, 0.29) is 0 Å². The van der Waals surface area contributed by atoms with Crippen molar-refractivity contribution in [3.8, 4) is 0 Å². The Morgan fingerprint density at radius 1 is 1.36 bits per heavy atom. The van der Waals surface area contributed by atoms with Gasteiger partial charge in [-0.15, -0.1) is 0 Å². The molecule has 0 saturated carbocycles. The van der Waals surface area contributed by atoms with Crippen molar-refractivity contribution >= 4 is 35.5 Å². The van der Waals surface area contributed by atoms with E-state index in [1.54, 1.807) is 19.1 Å². The van der Waals surface area contributed by atoms with E-state index in [1.807, 2.05) is 13.8 Å². The van der Waals surface area contributed by atoms with Crippen LogP contribution in [0.3, 0.4) is 0 Å². The summed E-state index contributed by atoms with van der Waals surface area (Å²) < 4.78 is 5.04. The maximum absolute atomic E-state index is 11.5. The van der Waals surface area contributed by atoms with Gasteiger partial charge in [-0.25, -0.2) is 14.8 Å². The standard InChI is InChI=1S/C12H13N5O2S.C2H6/c1-6-3-7(11(20)17-10(6)12(18)19-2)16-9-4-8(13)14-5-15-9;1-2/h3-5H,1-2H3,(H,17,20)(H3,13,14,15,16);1-2H3. The molecule has 0 aliphatic rings. The van der Waals surface area contributed by atoms with Crippen LogP contribution in [0.5, 0.6) is 0 Å². The van der Waals surface area contributed by atoms with Gasteiger partial charge in [0.1, 0.15) is 28.3 Å². The minimum Gasteiger partial charge on any atom is -0.464 e. The summed E-state index contributed by atoms with van der Waals surface area (Å²) in [5.41, 5.74) is 7.22. The van der Waals surface area contributed by atoms with Crippen molar-refractivity contribution in [1.82, 2.24) is 15.0 Å². The molecule has 8 heteroatoms. The molecule has 0 unspecified atom stereocenters. The number of anilines is 3. The number of hydrogen-bond acceptors (Lipinski definition) is 7. The topological polar surface area (TPSA) is 106 Å². The number of ether oxygens (including phenoxy) is 1. The van der Waals surface area contributed by atoms with Gasteiger partial charge in [-0.3, -0.25) is 0 Å². The summed E-state index contributed by atoms with van der Waals surface area (Å²) >= 11 is 5.20. The molecule has 2 heterocycles. The number of pyridine rings is 1. The summed E-state index contributed by atoms with van der Waals surface area (Å²) in [5.74, 6) is 0.397. The minimum absolute atomic E-state index is 0.324. The number of aromatic nitrogens is 3. The highest BCUT2D eigenvalue weighted by molar-refractivity contribution is 7.71. The van der Waals surface area contributed by atoms with Crippen molar-refractivity contribution in [3.05, 3.63) is 34.4 Å². The highest BCUT2D eigenvalue weighted by atomic mass is 32.1. The van der Waals surface area contributed by atoms with E-state index in [9.17, 15) is 4.79 Å². The maximum Gasteiger partial charge on any atom is 0.354 e. The van der Waals surface area contributed by atoms with Crippen LogP contribution in [0.4, 0.5) is 17.3 Å². The predicted octanol–water partition coefficient (Wildman–Crippen LogP) is 2.98. The maximum atomic E-state index is 11.5. The van der Waals surface area contributed by atoms with Gasteiger partial charge < -0.3 is 20.8 Å². The normalized spacial score (nSPS) is 9.45. The van der Waals surface area contributed by atoms with Gasteiger partial charge in [0, 0.05) is 6.07 Å². The highest BCUT2D eigenvalue weighted by Crippen LogP contribution is 2.19. The average molecular weight is 321 g/mol. The number of esters is 1. The number of nitrogens with one attached hydrogen (secondary N) is 2. The second-order valence-electron chi connectivity index (χ2n) is 4.01. The smallest absolute Gasteiger partial charge is 0.354 e. The largest absolute Gasteiger partial charge is 0.464 e. The minimum atomic E-state index is -0.466. The lowest BCUT2D eigenvalue weighted by molar-refractivity contribution is 0.0593. The Labute approximate surface area is 134 Å². The lowest BCUT2D eigenvalue weighted by atomic mass is 10.2. The molecule has 4 N–H and O–H groups in total. The molecule has 0 aliphatic heterocycles. The lowest BCUT2D eigenvalue weighted by Crippen LogP contribution is -2.08. The molecular weight excluding hydrogens is 302 g/mol. The number of nitrogens with two attached hydrogens (primary N) is 1.